The molecular formula is C31H38ClN3O5S. The fraction of sp³-hybridized carbons (Fsp3) is 0.355. The van der Waals surface area contributed by atoms with E-state index >= 15 is 0 Å². The summed E-state index contributed by atoms with van der Waals surface area (Å²) in [6.45, 7) is 7.12. The minimum absolute atomic E-state index is 0.0459. The van der Waals surface area contributed by atoms with E-state index in [0.717, 1.165) is 21.9 Å². The van der Waals surface area contributed by atoms with Gasteiger partial charge in [0.1, 0.15) is 18.3 Å². The van der Waals surface area contributed by atoms with Gasteiger partial charge in [-0.15, -0.1) is 0 Å². The molecule has 3 aromatic rings. The molecule has 0 unspecified atom stereocenters. The first-order valence-electron chi connectivity index (χ1n) is 13.6. The monoisotopic (exact) mass is 599 g/mol. The summed E-state index contributed by atoms with van der Waals surface area (Å²) in [5.41, 5.74) is 1.92. The van der Waals surface area contributed by atoms with Gasteiger partial charge in [-0.05, 0) is 68.7 Å². The van der Waals surface area contributed by atoms with Crippen LogP contribution in [-0.4, -0.2) is 50.9 Å². The fourth-order valence-electron chi connectivity index (χ4n) is 4.28. The molecule has 0 saturated heterocycles. The second-order valence-corrected chi connectivity index (χ2v) is 12.2. The zero-order valence-corrected chi connectivity index (χ0v) is 25.7. The van der Waals surface area contributed by atoms with Gasteiger partial charge >= 0.3 is 0 Å². The summed E-state index contributed by atoms with van der Waals surface area (Å²) in [7, 11) is -2.68. The van der Waals surface area contributed by atoms with Crippen molar-refractivity contribution in [2.24, 2.45) is 0 Å². The normalized spacial score (nSPS) is 12.7. The van der Waals surface area contributed by atoms with Gasteiger partial charge in [0.05, 0.1) is 17.7 Å². The number of anilines is 1. The van der Waals surface area contributed by atoms with Gasteiger partial charge < -0.3 is 15.0 Å². The molecule has 0 heterocycles. The summed E-state index contributed by atoms with van der Waals surface area (Å²) in [5, 5.41) is 3.51. The molecule has 0 saturated carbocycles. The van der Waals surface area contributed by atoms with Crippen molar-refractivity contribution >= 4 is 39.1 Å². The van der Waals surface area contributed by atoms with Crippen molar-refractivity contribution in [2.75, 3.05) is 18.0 Å². The number of hydrogen-bond donors (Lipinski definition) is 1. The Morgan fingerprint density at radius 1 is 0.976 bits per heavy atom. The van der Waals surface area contributed by atoms with Crippen LogP contribution in [0.15, 0.2) is 77.7 Å². The molecule has 0 radical (unpaired) electrons. The summed E-state index contributed by atoms with van der Waals surface area (Å²) in [5.74, 6) is -0.375. The van der Waals surface area contributed by atoms with E-state index in [2.05, 4.69) is 5.32 Å². The molecule has 0 aliphatic carbocycles. The predicted molar refractivity (Wildman–Crippen MR) is 163 cm³/mol. The van der Waals surface area contributed by atoms with E-state index in [0.29, 0.717) is 17.2 Å². The van der Waals surface area contributed by atoms with E-state index in [-0.39, 0.29) is 29.1 Å². The lowest BCUT2D eigenvalue weighted by atomic mass is 10.1. The molecule has 0 aliphatic heterocycles. The second-order valence-electron chi connectivity index (χ2n) is 9.92. The van der Waals surface area contributed by atoms with Crippen LogP contribution in [0.4, 0.5) is 5.69 Å². The third kappa shape index (κ3) is 8.24. The lowest BCUT2D eigenvalue weighted by Crippen LogP contribution is -2.53. The van der Waals surface area contributed by atoms with Crippen molar-refractivity contribution in [1.82, 2.24) is 10.2 Å². The molecule has 8 nitrogen and oxygen atoms in total. The van der Waals surface area contributed by atoms with Crippen molar-refractivity contribution in [3.05, 3.63) is 88.9 Å². The standard InChI is InChI=1S/C31H38ClN3O5S/c1-6-23(4)33-31(37)29(7-2)34(20-24-13-15-25(32)16-14-24)30(36)21-35(26-9-8-10-27(19-26)40-5)41(38,39)28-17-11-22(3)12-18-28/h8-19,23,29H,6-7,20-21H2,1-5H3,(H,33,37)/t23-,29+/m1/s1. The number of rotatable bonds is 13. The first-order valence-corrected chi connectivity index (χ1v) is 15.4. The number of carbonyl (C=O) groups is 2. The summed E-state index contributed by atoms with van der Waals surface area (Å²) in [4.78, 5) is 29.0. The van der Waals surface area contributed by atoms with Crippen LogP contribution in [0, 0.1) is 6.92 Å². The van der Waals surface area contributed by atoms with Crippen LogP contribution in [0.1, 0.15) is 44.7 Å². The largest absolute Gasteiger partial charge is 0.497 e. The Hall–Kier alpha value is -3.56. The Bertz CT molecular complexity index is 1430. The maximum absolute atomic E-state index is 14.1. The average molecular weight is 600 g/mol. The van der Waals surface area contributed by atoms with Crippen molar-refractivity contribution in [1.29, 1.82) is 0 Å². The van der Waals surface area contributed by atoms with Crippen LogP contribution in [0.3, 0.4) is 0 Å². The van der Waals surface area contributed by atoms with E-state index < -0.39 is 28.5 Å². The molecule has 41 heavy (non-hydrogen) atoms. The molecule has 3 rings (SSSR count). The minimum atomic E-state index is -4.17. The highest BCUT2D eigenvalue weighted by molar-refractivity contribution is 7.92. The molecular weight excluding hydrogens is 562 g/mol. The third-order valence-corrected chi connectivity index (χ3v) is 8.92. The Kier molecular flexibility index (Phi) is 11.2. The smallest absolute Gasteiger partial charge is 0.264 e. The number of ether oxygens (including phenoxy) is 1. The van der Waals surface area contributed by atoms with E-state index in [4.69, 9.17) is 16.3 Å². The van der Waals surface area contributed by atoms with E-state index in [1.54, 1.807) is 60.7 Å². The van der Waals surface area contributed by atoms with Crippen LogP contribution in [0.2, 0.25) is 5.02 Å². The van der Waals surface area contributed by atoms with Crippen LogP contribution < -0.4 is 14.4 Å². The van der Waals surface area contributed by atoms with Gasteiger partial charge in [0.15, 0.2) is 0 Å². The predicted octanol–water partition coefficient (Wildman–Crippen LogP) is 5.57. The van der Waals surface area contributed by atoms with Gasteiger partial charge in [0.25, 0.3) is 10.0 Å². The molecule has 3 aromatic carbocycles. The number of aryl methyl sites for hydroxylation is 1. The number of halogens is 1. The highest BCUT2D eigenvalue weighted by Crippen LogP contribution is 2.28. The first kappa shape index (κ1) is 32.0. The minimum Gasteiger partial charge on any atom is -0.497 e. The quantitative estimate of drug-likeness (QED) is 0.277. The summed E-state index contributed by atoms with van der Waals surface area (Å²) in [6.07, 6.45) is 1.07. The summed E-state index contributed by atoms with van der Waals surface area (Å²) >= 11 is 6.08. The lowest BCUT2D eigenvalue weighted by Gasteiger charge is -2.33. The zero-order valence-electron chi connectivity index (χ0n) is 24.1. The topological polar surface area (TPSA) is 96.0 Å². The maximum Gasteiger partial charge on any atom is 0.264 e. The van der Waals surface area contributed by atoms with E-state index in [9.17, 15) is 18.0 Å². The van der Waals surface area contributed by atoms with E-state index in [1.807, 2.05) is 27.7 Å². The Labute approximate surface area is 248 Å². The number of nitrogens with one attached hydrogen (secondary N) is 1. The lowest BCUT2D eigenvalue weighted by molar-refractivity contribution is -0.140. The highest BCUT2D eigenvalue weighted by Gasteiger charge is 2.34. The average Bonchev–Trinajstić information content (AvgIpc) is 2.96. The Morgan fingerprint density at radius 2 is 1.63 bits per heavy atom. The van der Waals surface area contributed by atoms with Gasteiger partial charge in [-0.1, -0.05) is 61.3 Å². The van der Waals surface area contributed by atoms with Crippen LogP contribution >= 0.6 is 11.6 Å². The number of sulfonamides is 1. The third-order valence-electron chi connectivity index (χ3n) is 6.88. The SMILES string of the molecule is CC[C@@H](C)NC(=O)[C@H](CC)N(Cc1ccc(Cl)cc1)C(=O)CN(c1cccc(OC)c1)S(=O)(=O)c1ccc(C)cc1. The maximum atomic E-state index is 14.1. The van der Waals surface area contributed by atoms with Crippen LogP contribution in [0.25, 0.3) is 0 Å². The molecule has 10 heteroatoms. The van der Waals surface area contributed by atoms with Gasteiger partial charge in [0.2, 0.25) is 11.8 Å². The number of nitrogens with zero attached hydrogens (tertiary/aromatic N) is 2. The molecule has 220 valence electrons. The molecule has 0 aliphatic rings. The van der Waals surface area contributed by atoms with Crippen molar-refractivity contribution in [2.45, 2.75) is 64.1 Å². The van der Waals surface area contributed by atoms with Gasteiger partial charge in [-0.2, -0.15) is 0 Å². The van der Waals surface area contributed by atoms with Crippen LogP contribution in [0.5, 0.6) is 5.75 Å². The van der Waals surface area contributed by atoms with Crippen molar-refractivity contribution in [3.8, 4) is 5.75 Å². The number of carbonyl (C=O) groups excluding carboxylic acids is 2. The molecule has 2 atom stereocenters. The summed E-state index contributed by atoms with van der Waals surface area (Å²) < 4.78 is 34.4. The number of amides is 2. The van der Waals surface area contributed by atoms with Crippen LogP contribution in [-0.2, 0) is 26.2 Å². The zero-order chi connectivity index (χ0) is 30.2. The Morgan fingerprint density at radius 3 is 2.22 bits per heavy atom. The second kappa shape index (κ2) is 14.4. The number of methoxy groups -OCH3 is 1. The molecule has 2 amide bonds. The van der Waals surface area contributed by atoms with E-state index in [1.165, 1.54) is 24.1 Å². The van der Waals surface area contributed by atoms with Gasteiger partial charge in [-0.25, -0.2) is 8.42 Å². The molecule has 0 bridgehead atoms. The molecule has 0 fully saturated rings. The molecule has 0 aromatic heterocycles. The van der Waals surface area contributed by atoms with Gasteiger partial charge in [-0.3, -0.25) is 13.9 Å². The first-order chi connectivity index (χ1) is 19.5. The highest BCUT2D eigenvalue weighted by atomic mass is 35.5. The molecule has 1 N–H and O–H groups in total. The summed E-state index contributed by atoms with van der Waals surface area (Å²) in [6, 6.07) is 19.1. The van der Waals surface area contributed by atoms with Crippen molar-refractivity contribution in [3.63, 3.8) is 0 Å². The number of benzene rings is 3. The number of hydrogen-bond acceptors (Lipinski definition) is 5. The molecule has 0 spiro atoms. The van der Waals surface area contributed by atoms with Gasteiger partial charge in [0, 0.05) is 23.7 Å². The Balaban J connectivity index is 2.07. The van der Waals surface area contributed by atoms with Crippen molar-refractivity contribution < 1.29 is 22.7 Å². The fourth-order valence-corrected chi connectivity index (χ4v) is 5.81.